The normalized spacial score (nSPS) is 11.5. The Bertz CT molecular complexity index is 3360. The van der Waals surface area contributed by atoms with Gasteiger partial charge in [0.2, 0.25) is 0 Å². The molecule has 9 aromatic carbocycles. The molecule has 288 valence electrons. The lowest BCUT2D eigenvalue weighted by atomic mass is 9.82. The molecule has 11 aromatic rings. The van der Waals surface area contributed by atoms with Gasteiger partial charge in [-0.1, -0.05) is 200 Å². The van der Waals surface area contributed by atoms with E-state index in [1.165, 1.54) is 71.6 Å². The Balaban J connectivity index is 0.991. The Morgan fingerprint density at radius 1 is 0.274 bits per heavy atom. The predicted octanol–water partition coefficient (Wildman–Crippen LogP) is 15.5. The lowest BCUT2D eigenvalue weighted by Crippen LogP contribution is -1.96. The van der Waals surface area contributed by atoms with Crippen molar-refractivity contribution in [3.05, 3.63) is 225 Å². The Hall–Kier alpha value is -8.27. The lowest BCUT2D eigenvalue weighted by molar-refractivity contribution is 1.18. The minimum Gasteiger partial charge on any atom is -0.264 e. The van der Waals surface area contributed by atoms with Crippen molar-refractivity contribution in [2.45, 2.75) is 0 Å². The summed E-state index contributed by atoms with van der Waals surface area (Å²) in [5.74, 6) is 0.688. The van der Waals surface area contributed by atoms with Gasteiger partial charge in [0.05, 0.1) is 11.4 Å². The number of aromatic nitrogens is 3. The quantitative estimate of drug-likeness (QED) is 0.161. The minimum absolute atomic E-state index is 0.688. The van der Waals surface area contributed by atoms with E-state index in [0.717, 1.165) is 44.8 Å². The molecule has 0 N–H and O–H groups in total. The monoisotopic (exact) mass is 787 g/mol. The molecule has 1 aliphatic rings. The van der Waals surface area contributed by atoms with Gasteiger partial charge < -0.3 is 0 Å². The molecule has 2 heterocycles. The molecule has 0 unspecified atom stereocenters. The molecule has 0 radical (unpaired) electrons. The van der Waals surface area contributed by atoms with Crippen LogP contribution in [0.25, 0.3) is 122 Å². The second-order valence-electron chi connectivity index (χ2n) is 15.9. The zero-order valence-corrected chi connectivity index (χ0v) is 33.7. The Morgan fingerprint density at radius 2 is 0.742 bits per heavy atom. The van der Waals surface area contributed by atoms with Gasteiger partial charge in [-0.25, -0.2) is 9.97 Å². The number of hydrogen-bond donors (Lipinski definition) is 0. The summed E-state index contributed by atoms with van der Waals surface area (Å²) in [4.78, 5) is 14.6. The van der Waals surface area contributed by atoms with E-state index < -0.39 is 0 Å². The second kappa shape index (κ2) is 14.8. The highest BCUT2D eigenvalue weighted by Crippen LogP contribution is 2.58. The Kier molecular flexibility index (Phi) is 8.50. The molecule has 1 aliphatic carbocycles. The van der Waals surface area contributed by atoms with Gasteiger partial charge in [-0.3, -0.25) is 4.98 Å². The van der Waals surface area contributed by atoms with Crippen LogP contribution in [0.3, 0.4) is 0 Å². The standard InChI is InChI=1S/C59H37N3/c1-4-14-40(15-5-1)52-36-53(62-59(61-52)44-31-25-38(26-32-44)45-20-13-35-60-37-45)41-29-27-39(28-30-41)46-33-34-51-56-47(46)23-12-24-50(56)57-54(42-16-6-2-7-17-42)48-21-10-11-22-49(48)55(58(51)57)43-18-8-3-9-19-43/h1-37H. The van der Waals surface area contributed by atoms with Crippen molar-refractivity contribution in [2.24, 2.45) is 0 Å². The minimum atomic E-state index is 0.688. The van der Waals surface area contributed by atoms with Crippen LogP contribution in [0, 0.1) is 0 Å². The fourth-order valence-corrected chi connectivity index (χ4v) is 9.51. The van der Waals surface area contributed by atoms with E-state index in [9.17, 15) is 0 Å². The molecule has 12 rings (SSSR count). The number of benzene rings is 9. The molecule has 3 nitrogen and oxygen atoms in total. The molecule has 3 heteroatoms. The molecule has 62 heavy (non-hydrogen) atoms. The molecule has 0 fully saturated rings. The molecule has 0 spiro atoms. The molecule has 0 bridgehead atoms. The third-order valence-corrected chi connectivity index (χ3v) is 12.3. The van der Waals surface area contributed by atoms with Crippen molar-refractivity contribution in [1.29, 1.82) is 0 Å². The highest BCUT2D eigenvalue weighted by Gasteiger charge is 2.31. The van der Waals surface area contributed by atoms with E-state index in [1.54, 1.807) is 6.20 Å². The van der Waals surface area contributed by atoms with Crippen molar-refractivity contribution >= 4 is 21.5 Å². The molecular weight excluding hydrogens is 751 g/mol. The van der Waals surface area contributed by atoms with E-state index in [2.05, 4.69) is 205 Å². The van der Waals surface area contributed by atoms with Gasteiger partial charge in [0.1, 0.15) is 0 Å². The summed E-state index contributed by atoms with van der Waals surface area (Å²) < 4.78 is 0. The molecule has 0 aliphatic heterocycles. The number of hydrogen-bond acceptors (Lipinski definition) is 3. The Labute approximate surface area is 360 Å². The number of fused-ring (bicyclic) bond motifs is 4. The largest absolute Gasteiger partial charge is 0.264 e. The van der Waals surface area contributed by atoms with Crippen molar-refractivity contribution < 1.29 is 0 Å². The predicted molar refractivity (Wildman–Crippen MR) is 257 cm³/mol. The highest BCUT2D eigenvalue weighted by atomic mass is 14.9. The van der Waals surface area contributed by atoms with Gasteiger partial charge in [-0.05, 0) is 100 Å². The smallest absolute Gasteiger partial charge is 0.160 e. The highest BCUT2D eigenvalue weighted by molar-refractivity contribution is 6.28. The maximum absolute atomic E-state index is 5.17. The van der Waals surface area contributed by atoms with Crippen molar-refractivity contribution in [2.75, 3.05) is 0 Å². The summed E-state index contributed by atoms with van der Waals surface area (Å²) in [5.41, 5.74) is 19.6. The van der Waals surface area contributed by atoms with Crippen molar-refractivity contribution in [3.63, 3.8) is 0 Å². The summed E-state index contributed by atoms with van der Waals surface area (Å²) in [6.07, 6.45) is 3.68. The van der Waals surface area contributed by atoms with E-state index in [0.29, 0.717) is 5.82 Å². The first-order chi connectivity index (χ1) is 30.8. The molecule has 2 aromatic heterocycles. The number of nitrogens with zero attached hydrogens (tertiary/aromatic N) is 3. The summed E-state index contributed by atoms with van der Waals surface area (Å²) in [6.45, 7) is 0. The summed E-state index contributed by atoms with van der Waals surface area (Å²) in [5, 5.41) is 5.08. The van der Waals surface area contributed by atoms with Gasteiger partial charge in [0.25, 0.3) is 0 Å². The van der Waals surface area contributed by atoms with E-state index in [1.807, 2.05) is 18.3 Å². The van der Waals surface area contributed by atoms with Crippen LogP contribution in [0.1, 0.15) is 0 Å². The third-order valence-electron chi connectivity index (χ3n) is 12.3. The van der Waals surface area contributed by atoms with E-state index >= 15 is 0 Å². The number of rotatable bonds is 7. The second-order valence-corrected chi connectivity index (χ2v) is 15.9. The summed E-state index contributed by atoms with van der Waals surface area (Å²) in [6, 6.07) is 76.1. The lowest BCUT2D eigenvalue weighted by Gasteiger charge is -2.20. The average Bonchev–Trinajstić information content (AvgIpc) is 3.69. The summed E-state index contributed by atoms with van der Waals surface area (Å²) in [7, 11) is 0. The molecule has 0 atom stereocenters. The van der Waals surface area contributed by atoms with Crippen LogP contribution < -0.4 is 0 Å². The average molecular weight is 788 g/mol. The van der Waals surface area contributed by atoms with Gasteiger partial charge in [-0.15, -0.1) is 0 Å². The SMILES string of the molecule is c1ccc(-c2cc(-c3ccc(-c4ccc5c6c(cccc46)-c4c-5c(-c5ccccc5)c5ccccc5c4-c4ccccc4)cc3)nc(-c3ccc(-c4cccnc4)cc3)n2)cc1. The third kappa shape index (κ3) is 5.94. The van der Waals surface area contributed by atoms with E-state index in [-0.39, 0.29) is 0 Å². The zero-order valence-electron chi connectivity index (χ0n) is 33.7. The topological polar surface area (TPSA) is 38.7 Å². The van der Waals surface area contributed by atoms with Crippen LogP contribution in [-0.2, 0) is 0 Å². The fourth-order valence-electron chi connectivity index (χ4n) is 9.51. The Morgan fingerprint density at radius 3 is 1.34 bits per heavy atom. The maximum Gasteiger partial charge on any atom is 0.160 e. The number of pyridine rings is 1. The van der Waals surface area contributed by atoms with Gasteiger partial charge in [0, 0.05) is 29.1 Å². The van der Waals surface area contributed by atoms with Crippen LogP contribution in [0.5, 0.6) is 0 Å². The zero-order chi connectivity index (χ0) is 41.0. The molecule has 0 saturated heterocycles. The molecule has 0 saturated carbocycles. The van der Waals surface area contributed by atoms with Crippen molar-refractivity contribution in [3.8, 4) is 101 Å². The fraction of sp³-hybridized carbons (Fsp3) is 0. The first-order valence-corrected chi connectivity index (χ1v) is 21.1. The van der Waals surface area contributed by atoms with Crippen molar-refractivity contribution in [1.82, 2.24) is 15.0 Å². The van der Waals surface area contributed by atoms with Crippen LogP contribution in [0.4, 0.5) is 0 Å². The van der Waals surface area contributed by atoms with Crippen LogP contribution in [-0.4, -0.2) is 15.0 Å². The summed E-state index contributed by atoms with van der Waals surface area (Å²) >= 11 is 0. The molecule has 0 amide bonds. The molecular formula is C59H37N3. The van der Waals surface area contributed by atoms with Crippen LogP contribution in [0.15, 0.2) is 225 Å². The van der Waals surface area contributed by atoms with Crippen LogP contribution >= 0.6 is 0 Å². The van der Waals surface area contributed by atoms with E-state index in [4.69, 9.17) is 9.97 Å². The maximum atomic E-state index is 5.17. The first-order valence-electron chi connectivity index (χ1n) is 21.1. The van der Waals surface area contributed by atoms with Crippen LogP contribution in [0.2, 0.25) is 0 Å². The van der Waals surface area contributed by atoms with Gasteiger partial charge >= 0.3 is 0 Å². The first kappa shape index (κ1) is 35.7. The van der Waals surface area contributed by atoms with Gasteiger partial charge in [-0.2, -0.15) is 0 Å². The van der Waals surface area contributed by atoms with Gasteiger partial charge in [0.15, 0.2) is 5.82 Å².